The Hall–Kier alpha value is -1.28. The predicted molar refractivity (Wildman–Crippen MR) is 41.9 cm³/mol. The molecule has 0 spiro atoms. The van der Waals surface area contributed by atoms with Crippen LogP contribution in [-0.2, 0) is 6.18 Å². The summed E-state index contributed by atoms with van der Waals surface area (Å²) in [6, 6.07) is 0.392. The molecule has 8 heteroatoms. The number of hydrogen-bond donors (Lipinski definition) is 3. The molecule has 0 saturated heterocycles. The molecule has 1 heterocycles. The molecule has 0 bridgehead atoms. The number of H-pyrrole nitrogens is 1. The minimum absolute atomic E-state index is 0.392. The van der Waals surface area contributed by atoms with Gasteiger partial charge in [0.25, 0.3) is 0 Å². The van der Waals surface area contributed by atoms with E-state index in [1.54, 1.807) is 4.98 Å². The topological polar surface area (TPSA) is 73.3 Å². The van der Waals surface area contributed by atoms with Gasteiger partial charge in [-0.25, -0.2) is 0 Å². The van der Waals surface area contributed by atoms with Crippen molar-refractivity contribution in [2.75, 3.05) is 0 Å². The lowest BCUT2D eigenvalue weighted by molar-refractivity contribution is -0.137. The van der Waals surface area contributed by atoms with Crippen molar-refractivity contribution >= 4 is 12.6 Å². The van der Waals surface area contributed by atoms with E-state index < -0.39 is 29.9 Å². The summed E-state index contributed by atoms with van der Waals surface area (Å²) in [7, 11) is -2.22. The lowest BCUT2D eigenvalue weighted by atomic mass is 9.81. The maximum atomic E-state index is 12.1. The molecule has 1 aromatic heterocycles. The molecule has 14 heavy (non-hydrogen) atoms. The van der Waals surface area contributed by atoms with Crippen LogP contribution < -0.4 is 11.0 Å². The van der Waals surface area contributed by atoms with Crippen molar-refractivity contribution < 1.29 is 23.2 Å². The number of rotatable bonds is 1. The highest BCUT2D eigenvalue weighted by Gasteiger charge is 2.32. The van der Waals surface area contributed by atoms with Gasteiger partial charge >= 0.3 is 13.3 Å². The van der Waals surface area contributed by atoms with Crippen LogP contribution in [0.5, 0.6) is 0 Å². The van der Waals surface area contributed by atoms with Gasteiger partial charge in [0.05, 0.1) is 5.56 Å². The van der Waals surface area contributed by atoms with Gasteiger partial charge in [0.1, 0.15) is 0 Å². The zero-order valence-corrected chi connectivity index (χ0v) is 6.67. The molecule has 0 aliphatic rings. The molecule has 0 atom stereocenters. The molecule has 76 valence electrons. The maximum absolute atomic E-state index is 12.1. The Morgan fingerprint density at radius 1 is 1.36 bits per heavy atom. The smallest absolute Gasteiger partial charge is 0.423 e. The van der Waals surface area contributed by atoms with Crippen molar-refractivity contribution in [1.82, 2.24) is 4.98 Å². The average molecular weight is 207 g/mol. The van der Waals surface area contributed by atoms with E-state index in [9.17, 15) is 18.0 Å². The van der Waals surface area contributed by atoms with Crippen molar-refractivity contribution in [1.29, 1.82) is 0 Å². The third kappa shape index (κ3) is 2.15. The first-order valence-corrected chi connectivity index (χ1v) is 3.48. The third-order valence-corrected chi connectivity index (χ3v) is 1.54. The van der Waals surface area contributed by atoms with Gasteiger partial charge < -0.3 is 15.0 Å². The molecule has 1 aromatic rings. The lowest BCUT2D eigenvalue weighted by Crippen LogP contribution is -2.43. The maximum Gasteiger partial charge on any atom is 0.494 e. The van der Waals surface area contributed by atoms with Gasteiger partial charge in [0.15, 0.2) is 0 Å². The minimum Gasteiger partial charge on any atom is -0.423 e. The Labute approximate surface area is 76.2 Å². The van der Waals surface area contributed by atoms with Crippen LogP contribution in [0.2, 0.25) is 0 Å². The quantitative estimate of drug-likeness (QED) is 0.521. The van der Waals surface area contributed by atoms with Crippen molar-refractivity contribution in [2.45, 2.75) is 6.18 Å². The summed E-state index contributed by atoms with van der Waals surface area (Å²) in [6.07, 6.45) is -4.16. The van der Waals surface area contributed by atoms with Crippen molar-refractivity contribution in [3.05, 3.63) is 28.2 Å². The molecule has 0 unspecified atom stereocenters. The summed E-state index contributed by atoms with van der Waals surface area (Å²) < 4.78 is 36.2. The Morgan fingerprint density at radius 3 is 2.36 bits per heavy atom. The highest BCUT2D eigenvalue weighted by atomic mass is 19.4. The van der Waals surface area contributed by atoms with Gasteiger partial charge in [0, 0.05) is 11.7 Å². The van der Waals surface area contributed by atoms with Crippen molar-refractivity contribution in [3.8, 4) is 0 Å². The van der Waals surface area contributed by atoms with Crippen LogP contribution in [0.3, 0.4) is 0 Å². The molecule has 0 aliphatic carbocycles. The number of aromatic amines is 1. The predicted octanol–water partition coefficient (Wildman–Crippen LogP) is -0.927. The first kappa shape index (κ1) is 10.8. The Bertz CT molecular complexity index is 387. The monoisotopic (exact) mass is 207 g/mol. The van der Waals surface area contributed by atoms with Crippen molar-refractivity contribution in [2.24, 2.45) is 0 Å². The molecule has 0 amide bonds. The lowest BCUT2D eigenvalue weighted by Gasteiger charge is -2.07. The second-order valence-electron chi connectivity index (χ2n) is 2.54. The van der Waals surface area contributed by atoms with E-state index in [-0.39, 0.29) is 0 Å². The summed E-state index contributed by atoms with van der Waals surface area (Å²) in [4.78, 5) is 12.6. The molecule has 0 fully saturated rings. The van der Waals surface area contributed by atoms with Crippen molar-refractivity contribution in [3.63, 3.8) is 0 Å². The zero-order valence-electron chi connectivity index (χ0n) is 6.67. The molecule has 0 aliphatic heterocycles. The average Bonchev–Trinajstić information content (AvgIpc) is 2.02. The van der Waals surface area contributed by atoms with Crippen LogP contribution in [0.25, 0.3) is 0 Å². The second kappa shape index (κ2) is 3.47. The molecule has 0 aromatic carbocycles. The van der Waals surface area contributed by atoms with Gasteiger partial charge in [-0.2, -0.15) is 13.2 Å². The summed E-state index contributed by atoms with van der Waals surface area (Å²) in [5, 5.41) is 17.1. The summed E-state index contributed by atoms with van der Waals surface area (Å²) >= 11 is 0. The summed E-state index contributed by atoms with van der Waals surface area (Å²) in [6.45, 7) is 0. The van der Waals surface area contributed by atoms with E-state index in [1.807, 2.05) is 0 Å². The van der Waals surface area contributed by atoms with E-state index in [0.717, 1.165) is 0 Å². The zero-order chi connectivity index (χ0) is 10.9. The Kier molecular flexibility index (Phi) is 2.67. The van der Waals surface area contributed by atoms with Gasteiger partial charge in [-0.3, -0.25) is 4.79 Å². The summed E-state index contributed by atoms with van der Waals surface area (Å²) in [5.41, 5.74) is -2.84. The molecule has 0 saturated carbocycles. The van der Waals surface area contributed by atoms with Crippen LogP contribution >= 0.6 is 0 Å². The van der Waals surface area contributed by atoms with Gasteiger partial charge in [0.2, 0.25) is 5.56 Å². The SMILES string of the molecule is O=c1[nH]cc(C(F)(F)F)cc1B(O)O. The molecule has 1 rings (SSSR count). The molecule has 0 radical (unpaired) electrons. The first-order chi connectivity index (χ1) is 6.32. The fourth-order valence-corrected chi connectivity index (χ4v) is 0.857. The fraction of sp³-hybridized carbons (Fsp3) is 0.167. The highest BCUT2D eigenvalue weighted by molar-refractivity contribution is 6.58. The molecule has 4 nitrogen and oxygen atoms in total. The van der Waals surface area contributed by atoms with E-state index in [4.69, 9.17) is 10.0 Å². The van der Waals surface area contributed by atoms with E-state index in [0.29, 0.717) is 12.3 Å². The molecule has 3 N–H and O–H groups in total. The number of aromatic nitrogens is 1. The van der Waals surface area contributed by atoms with Gasteiger partial charge in [-0.1, -0.05) is 0 Å². The standard InChI is InChI=1S/C6H5BF3NO3/c8-6(9,10)3-1-4(7(13)14)5(12)11-2-3/h1-2,13-14H,(H,11,12). The number of nitrogens with one attached hydrogen (secondary N) is 1. The molecular formula is C6H5BF3NO3. The third-order valence-electron chi connectivity index (χ3n) is 1.54. The van der Waals surface area contributed by atoms with Crippen LogP contribution in [-0.4, -0.2) is 22.2 Å². The second-order valence-corrected chi connectivity index (χ2v) is 2.54. The van der Waals surface area contributed by atoms with Crippen LogP contribution in [0, 0.1) is 0 Å². The number of hydrogen-bond acceptors (Lipinski definition) is 3. The number of alkyl halides is 3. The highest BCUT2D eigenvalue weighted by Crippen LogP contribution is 2.27. The van der Waals surface area contributed by atoms with Gasteiger partial charge in [-0.05, 0) is 6.07 Å². The Balaban J connectivity index is 3.27. The minimum atomic E-state index is -4.63. The fourth-order valence-electron chi connectivity index (χ4n) is 0.857. The normalized spacial score (nSPS) is 11.5. The summed E-state index contributed by atoms with van der Waals surface area (Å²) in [5.74, 6) is 0. The van der Waals surface area contributed by atoms with E-state index in [1.165, 1.54) is 0 Å². The number of halogens is 3. The molecular weight excluding hydrogens is 202 g/mol. The van der Waals surface area contributed by atoms with Gasteiger partial charge in [-0.15, -0.1) is 0 Å². The van der Waals surface area contributed by atoms with E-state index >= 15 is 0 Å². The van der Waals surface area contributed by atoms with Crippen LogP contribution in [0.4, 0.5) is 13.2 Å². The van der Waals surface area contributed by atoms with Crippen LogP contribution in [0.15, 0.2) is 17.1 Å². The largest absolute Gasteiger partial charge is 0.494 e. The Morgan fingerprint density at radius 2 is 1.93 bits per heavy atom. The first-order valence-electron chi connectivity index (χ1n) is 3.48. The number of pyridine rings is 1. The van der Waals surface area contributed by atoms with E-state index in [2.05, 4.69) is 0 Å². The van der Waals surface area contributed by atoms with Crippen LogP contribution in [0.1, 0.15) is 5.56 Å².